The maximum absolute atomic E-state index is 12.3. The van der Waals surface area contributed by atoms with Crippen molar-refractivity contribution in [2.45, 2.75) is 39.0 Å². The molecule has 3 heterocycles. The molecule has 1 aromatic rings. The molecule has 0 saturated carbocycles. The van der Waals surface area contributed by atoms with Crippen molar-refractivity contribution in [3.05, 3.63) is 24.0 Å². The molecular formula is C19H29N3O2. The van der Waals surface area contributed by atoms with E-state index in [0.29, 0.717) is 12.3 Å². The molecule has 2 fully saturated rings. The fourth-order valence-electron chi connectivity index (χ4n) is 4.19. The van der Waals surface area contributed by atoms with Gasteiger partial charge in [0.15, 0.2) is 0 Å². The van der Waals surface area contributed by atoms with Gasteiger partial charge in [-0.2, -0.15) is 0 Å². The van der Waals surface area contributed by atoms with E-state index in [9.17, 15) is 4.79 Å². The number of nitrogens with zero attached hydrogens (tertiary/aromatic N) is 3. The number of carbonyl (C=O) groups excluding carboxylic acids is 1. The summed E-state index contributed by atoms with van der Waals surface area (Å²) in [7, 11) is 1.72. The van der Waals surface area contributed by atoms with Crippen LogP contribution < -0.4 is 4.90 Å². The average Bonchev–Trinajstić information content (AvgIpc) is 2.59. The third-order valence-corrected chi connectivity index (χ3v) is 5.43. The van der Waals surface area contributed by atoms with Gasteiger partial charge in [0.25, 0.3) is 0 Å². The van der Waals surface area contributed by atoms with Crippen LogP contribution in [-0.2, 0) is 9.53 Å². The highest BCUT2D eigenvalue weighted by atomic mass is 16.5. The molecule has 0 aliphatic carbocycles. The van der Waals surface area contributed by atoms with Crippen LogP contribution in [0, 0.1) is 12.3 Å². The number of anilines is 1. The summed E-state index contributed by atoms with van der Waals surface area (Å²) >= 11 is 0. The summed E-state index contributed by atoms with van der Waals surface area (Å²) in [5.41, 5.74) is 2.58. The average molecular weight is 331 g/mol. The zero-order chi connectivity index (χ0) is 17.0. The lowest BCUT2D eigenvalue weighted by Crippen LogP contribution is -2.54. The van der Waals surface area contributed by atoms with Crippen LogP contribution in [0.4, 0.5) is 5.69 Å². The molecule has 0 aromatic carbocycles. The molecule has 1 aromatic heterocycles. The van der Waals surface area contributed by atoms with Gasteiger partial charge < -0.3 is 14.5 Å². The van der Waals surface area contributed by atoms with Crippen LogP contribution in [0.3, 0.4) is 0 Å². The first-order valence-corrected chi connectivity index (χ1v) is 9.06. The Bertz CT molecular complexity index is 577. The van der Waals surface area contributed by atoms with Crippen molar-refractivity contribution in [3.8, 4) is 0 Å². The third-order valence-electron chi connectivity index (χ3n) is 5.43. The summed E-state index contributed by atoms with van der Waals surface area (Å²) in [6.07, 6.45) is 6.95. The van der Waals surface area contributed by atoms with Crippen LogP contribution in [0.2, 0.25) is 0 Å². The van der Waals surface area contributed by atoms with Crippen molar-refractivity contribution in [1.29, 1.82) is 0 Å². The fourth-order valence-corrected chi connectivity index (χ4v) is 4.19. The molecule has 1 amide bonds. The van der Waals surface area contributed by atoms with E-state index in [1.54, 1.807) is 7.11 Å². The van der Waals surface area contributed by atoms with Crippen molar-refractivity contribution >= 4 is 11.6 Å². The first-order chi connectivity index (χ1) is 11.6. The number of aryl methyl sites for hydroxylation is 1. The van der Waals surface area contributed by atoms with Crippen LogP contribution in [0.25, 0.3) is 0 Å². The lowest BCUT2D eigenvalue weighted by atomic mass is 9.73. The first kappa shape index (κ1) is 17.2. The van der Waals surface area contributed by atoms with E-state index in [0.717, 1.165) is 51.3 Å². The van der Waals surface area contributed by atoms with Gasteiger partial charge in [-0.3, -0.25) is 9.78 Å². The maximum atomic E-state index is 12.3. The molecule has 5 nitrogen and oxygen atoms in total. The topological polar surface area (TPSA) is 45.7 Å². The summed E-state index contributed by atoms with van der Waals surface area (Å²) < 4.78 is 5.14. The number of rotatable bonds is 5. The summed E-state index contributed by atoms with van der Waals surface area (Å²) in [6.45, 7) is 6.63. The Labute approximate surface area is 145 Å². The summed E-state index contributed by atoms with van der Waals surface area (Å²) in [6, 6.07) is 4.28. The molecule has 2 aliphatic heterocycles. The minimum Gasteiger partial charge on any atom is -0.385 e. The predicted octanol–water partition coefficient (Wildman–Crippen LogP) is 2.64. The Kier molecular flexibility index (Phi) is 5.39. The largest absolute Gasteiger partial charge is 0.385 e. The van der Waals surface area contributed by atoms with E-state index in [2.05, 4.69) is 26.9 Å². The number of amides is 1. The Balaban J connectivity index is 1.69. The molecule has 0 bridgehead atoms. The van der Waals surface area contributed by atoms with Gasteiger partial charge in [-0.05, 0) is 44.7 Å². The van der Waals surface area contributed by atoms with Crippen molar-refractivity contribution in [3.63, 3.8) is 0 Å². The Morgan fingerprint density at radius 3 is 3.00 bits per heavy atom. The van der Waals surface area contributed by atoms with Gasteiger partial charge in [-0.25, -0.2) is 0 Å². The monoisotopic (exact) mass is 331 g/mol. The molecule has 1 spiro atoms. The smallest absolute Gasteiger partial charge is 0.222 e. The number of methoxy groups -OCH3 is 1. The molecule has 2 aliphatic rings. The molecule has 3 rings (SSSR count). The van der Waals surface area contributed by atoms with Gasteiger partial charge in [0.2, 0.25) is 5.91 Å². The van der Waals surface area contributed by atoms with Gasteiger partial charge in [0, 0.05) is 69.3 Å². The van der Waals surface area contributed by atoms with Crippen molar-refractivity contribution < 1.29 is 9.53 Å². The highest BCUT2D eigenvalue weighted by Gasteiger charge is 2.41. The molecule has 5 heteroatoms. The van der Waals surface area contributed by atoms with Crippen molar-refractivity contribution in [1.82, 2.24) is 9.88 Å². The Hall–Kier alpha value is -1.62. The van der Waals surface area contributed by atoms with Gasteiger partial charge in [0.1, 0.15) is 0 Å². The van der Waals surface area contributed by atoms with E-state index >= 15 is 0 Å². The van der Waals surface area contributed by atoms with E-state index < -0.39 is 0 Å². The highest BCUT2D eigenvalue weighted by molar-refractivity contribution is 5.77. The maximum Gasteiger partial charge on any atom is 0.222 e. The number of hydrogen-bond acceptors (Lipinski definition) is 4. The van der Waals surface area contributed by atoms with Crippen LogP contribution in [0.5, 0.6) is 0 Å². The quantitative estimate of drug-likeness (QED) is 0.778. The second-order valence-electron chi connectivity index (χ2n) is 7.34. The molecule has 0 N–H and O–H groups in total. The van der Waals surface area contributed by atoms with E-state index in [1.807, 2.05) is 13.1 Å². The molecular weight excluding hydrogens is 302 g/mol. The van der Waals surface area contributed by atoms with Crippen LogP contribution in [0.15, 0.2) is 18.3 Å². The number of piperidine rings is 2. The number of aromatic nitrogens is 1. The van der Waals surface area contributed by atoms with Crippen molar-refractivity contribution in [2.24, 2.45) is 5.41 Å². The van der Waals surface area contributed by atoms with E-state index in [4.69, 9.17) is 4.74 Å². The Morgan fingerprint density at radius 2 is 2.21 bits per heavy atom. The standard InChI is InChI=1S/C19H29N3O2/c1-16-13-17(6-9-20-16)21-10-3-7-19(14-21)8-5-18(23)22(15-19)11-4-12-24-2/h6,9,13H,3-5,7-8,10-12,14-15H2,1-2H3/t19-/m1/s1. The third kappa shape index (κ3) is 3.89. The summed E-state index contributed by atoms with van der Waals surface area (Å²) in [4.78, 5) is 21.1. The molecule has 1 atom stereocenters. The first-order valence-electron chi connectivity index (χ1n) is 9.06. The number of carbonyl (C=O) groups is 1. The van der Waals surface area contributed by atoms with Crippen molar-refractivity contribution in [2.75, 3.05) is 44.8 Å². The van der Waals surface area contributed by atoms with Gasteiger partial charge >= 0.3 is 0 Å². The summed E-state index contributed by atoms with van der Waals surface area (Å²) in [5.74, 6) is 0.314. The highest BCUT2D eigenvalue weighted by Crippen LogP contribution is 2.40. The van der Waals surface area contributed by atoms with Gasteiger partial charge in [0.05, 0.1) is 0 Å². The van der Waals surface area contributed by atoms with E-state index in [-0.39, 0.29) is 5.41 Å². The van der Waals surface area contributed by atoms with Crippen LogP contribution in [-0.4, -0.2) is 55.7 Å². The lowest BCUT2D eigenvalue weighted by Gasteiger charge is -2.49. The molecule has 2 saturated heterocycles. The summed E-state index contributed by atoms with van der Waals surface area (Å²) in [5, 5.41) is 0. The van der Waals surface area contributed by atoms with E-state index in [1.165, 1.54) is 18.5 Å². The zero-order valence-electron chi connectivity index (χ0n) is 15.0. The van der Waals surface area contributed by atoms with Crippen LogP contribution >= 0.6 is 0 Å². The minimum absolute atomic E-state index is 0.246. The predicted molar refractivity (Wildman–Crippen MR) is 95.2 cm³/mol. The van der Waals surface area contributed by atoms with Gasteiger partial charge in [-0.1, -0.05) is 0 Å². The Morgan fingerprint density at radius 1 is 1.33 bits per heavy atom. The minimum atomic E-state index is 0.246. The zero-order valence-corrected chi connectivity index (χ0v) is 15.0. The number of ether oxygens (including phenoxy) is 1. The molecule has 24 heavy (non-hydrogen) atoms. The van der Waals surface area contributed by atoms with Gasteiger partial charge in [-0.15, -0.1) is 0 Å². The lowest BCUT2D eigenvalue weighted by molar-refractivity contribution is -0.138. The second-order valence-corrected chi connectivity index (χ2v) is 7.34. The molecule has 0 radical (unpaired) electrons. The fraction of sp³-hybridized carbons (Fsp3) is 0.684. The number of likely N-dealkylation sites (tertiary alicyclic amines) is 1. The van der Waals surface area contributed by atoms with Crippen LogP contribution in [0.1, 0.15) is 37.8 Å². The second kappa shape index (κ2) is 7.51. The normalized spacial score (nSPS) is 24.7. The molecule has 0 unspecified atom stereocenters. The number of pyridine rings is 1. The number of hydrogen-bond donors (Lipinski definition) is 0. The molecule has 132 valence electrons. The SMILES string of the molecule is COCCCN1C[C@]2(CCCN(c3ccnc(C)c3)C2)CCC1=O.